The number of nitrogens with one attached hydrogen (secondary N) is 1. The van der Waals surface area contributed by atoms with E-state index in [0.29, 0.717) is 12.3 Å². The van der Waals surface area contributed by atoms with Gasteiger partial charge >= 0.3 is 0 Å². The Balaban J connectivity index is 1.28. The van der Waals surface area contributed by atoms with E-state index < -0.39 is 0 Å². The Morgan fingerprint density at radius 3 is 2.81 bits per heavy atom. The molecule has 2 aliphatic rings. The second-order valence-electron chi connectivity index (χ2n) is 7.20. The summed E-state index contributed by atoms with van der Waals surface area (Å²) in [4.78, 5) is 19.2. The molecule has 26 heavy (non-hydrogen) atoms. The van der Waals surface area contributed by atoms with E-state index in [-0.39, 0.29) is 17.8 Å². The van der Waals surface area contributed by atoms with Gasteiger partial charge in [-0.25, -0.2) is 9.37 Å². The molecule has 7 heteroatoms. The van der Waals surface area contributed by atoms with Crippen LogP contribution in [0.1, 0.15) is 32.1 Å². The van der Waals surface area contributed by atoms with Gasteiger partial charge in [0.25, 0.3) is 0 Å². The van der Waals surface area contributed by atoms with Crippen LogP contribution in [0.4, 0.5) is 9.52 Å². The van der Waals surface area contributed by atoms with Gasteiger partial charge in [0.1, 0.15) is 5.82 Å². The molecule has 0 saturated carbocycles. The van der Waals surface area contributed by atoms with Gasteiger partial charge in [-0.05, 0) is 49.8 Å². The van der Waals surface area contributed by atoms with Crippen LogP contribution in [0.25, 0.3) is 10.2 Å². The Morgan fingerprint density at radius 2 is 2.04 bits per heavy atom. The largest absolute Gasteiger partial charge is 0.381 e. The zero-order chi connectivity index (χ0) is 17.9. The summed E-state index contributed by atoms with van der Waals surface area (Å²) in [5, 5.41) is 4.11. The number of halogens is 1. The molecule has 5 nitrogen and oxygen atoms in total. The molecule has 0 aliphatic carbocycles. The Morgan fingerprint density at radius 1 is 1.27 bits per heavy atom. The number of nitrogens with zero attached hydrogens (tertiary/aromatic N) is 2. The first-order valence-electron chi connectivity index (χ1n) is 9.35. The molecule has 1 aromatic carbocycles. The molecule has 0 atom stereocenters. The summed E-state index contributed by atoms with van der Waals surface area (Å²) in [5.41, 5.74) is 0.851. The van der Waals surface area contributed by atoms with E-state index in [2.05, 4.69) is 15.2 Å². The number of thiazole rings is 1. The third-order valence-corrected chi connectivity index (χ3v) is 6.36. The minimum atomic E-state index is -0.220. The highest BCUT2D eigenvalue weighted by molar-refractivity contribution is 7.22. The topological polar surface area (TPSA) is 54.5 Å². The number of fused-ring (bicyclic) bond motifs is 1. The lowest BCUT2D eigenvalue weighted by Crippen LogP contribution is -2.41. The number of rotatable bonds is 4. The second kappa shape index (κ2) is 7.88. The minimum absolute atomic E-state index is 0.172. The fourth-order valence-corrected chi connectivity index (χ4v) is 4.78. The Hall–Kier alpha value is -1.73. The third kappa shape index (κ3) is 4.15. The van der Waals surface area contributed by atoms with Gasteiger partial charge in [-0.15, -0.1) is 0 Å². The molecule has 1 N–H and O–H groups in total. The van der Waals surface area contributed by atoms with Crippen LogP contribution < -0.4 is 10.2 Å². The predicted molar refractivity (Wildman–Crippen MR) is 101 cm³/mol. The molecule has 1 amide bonds. The molecule has 0 bridgehead atoms. The van der Waals surface area contributed by atoms with Crippen LogP contribution in [0, 0.1) is 11.7 Å². The first-order valence-corrected chi connectivity index (χ1v) is 10.2. The molecule has 1 aromatic heterocycles. The maximum atomic E-state index is 13.3. The van der Waals surface area contributed by atoms with Gasteiger partial charge in [-0.2, -0.15) is 0 Å². The van der Waals surface area contributed by atoms with Gasteiger partial charge in [0.05, 0.1) is 10.2 Å². The summed E-state index contributed by atoms with van der Waals surface area (Å²) in [6.07, 6.45) is 4.43. The SMILES string of the molecule is O=C(CC1CCN(c2nc3ccc(F)cc3s2)CC1)NC1CCOCC1. The van der Waals surface area contributed by atoms with Gasteiger partial charge in [0.2, 0.25) is 5.91 Å². The summed E-state index contributed by atoms with van der Waals surface area (Å²) in [6, 6.07) is 5.01. The molecule has 3 heterocycles. The number of amides is 1. The number of ether oxygens (including phenoxy) is 1. The maximum Gasteiger partial charge on any atom is 0.220 e. The highest BCUT2D eigenvalue weighted by atomic mass is 32.1. The molecule has 2 aromatic rings. The lowest BCUT2D eigenvalue weighted by Gasteiger charge is -2.32. The summed E-state index contributed by atoms with van der Waals surface area (Å²) < 4.78 is 19.6. The van der Waals surface area contributed by atoms with Crippen molar-refractivity contribution in [3.05, 3.63) is 24.0 Å². The van der Waals surface area contributed by atoms with Crippen molar-refractivity contribution in [2.24, 2.45) is 5.92 Å². The molecule has 2 fully saturated rings. The number of carbonyl (C=O) groups is 1. The number of benzene rings is 1. The van der Waals surface area contributed by atoms with Gasteiger partial charge < -0.3 is 15.0 Å². The minimum Gasteiger partial charge on any atom is -0.381 e. The van der Waals surface area contributed by atoms with Crippen LogP contribution in [-0.4, -0.2) is 43.2 Å². The summed E-state index contributed by atoms with van der Waals surface area (Å²) >= 11 is 1.54. The quantitative estimate of drug-likeness (QED) is 0.888. The molecular formula is C19H24FN3O2S. The predicted octanol–water partition coefficient (Wildman–Crippen LogP) is 3.34. The Labute approximate surface area is 156 Å². The molecule has 0 radical (unpaired) electrons. The average Bonchev–Trinajstić information content (AvgIpc) is 3.06. The van der Waals surface area contributed by atoms with Crippen LogP contribution in [0.15, 0.2) is 18.2 Å². The normalized spacial score (nSPS) is 19.8. The lowest BCUT2D eigenvalue weighted by molar-refractivity contribution is -0.123. The smallest absolute Gasteiger partial charge is 0.220 e. The van der Waals surface area contributed by atoms with Crippen molar-refractivity contribution >= 4 is 32.6 Å². The van der Waals surface area contributed by atoms with Crippen molar-refractivity contribution in [3.63, 3.8) is 0 Å². The first kappa shape index (κ1) is 17.7. The molecule has 4 rings (SSSR count). The molecule has 140 valence electrons. The summed E-state index contributed by atoms with van der Waals surface area (Å²) in [6.45, 7) is 3.29. The number of aromatic nitrogens is 1. The van der Waals surface area contributed by atoms with E-state index in [1.54, 1.807) is 23.5 Å². The van der Waals surface area contributed by atoms with E-state index in [9.17, 15) is 9.18 Å². The molecule has 2 aliphatic heterocycles. The highest BCUT2D eigenvalue weighted by Crippen LogP contribution is 2.32. The summed E-state index contributed by atoms with van der Waals surface area (Å²) in [5.74, 6) is 0.380. The number of carbonyl (C=O) groups excluding carboxylic acids is 1. The maximum absolute atomic E-state index is 13.3. The third-order valence-electron chi connectivity index (χ3n) is 5.28. The lowest BCUT2D eigenvalue weighted by atomic mass is 9.93. The fraction of sp³-hybridized carbons (Fsp3) is 0.579. The summed E-state index contributed by atoms with van der Waals surface area (Å²) in [7, 11) is 0. The van der Waals surface area contributed by atoms with Crippen LogP contribution in [0.2, 0.25) is 0 Å². The van der Waals surface area contributed by atoms with Crippen molar-refractivity contribution in [2.75, 3.05) is 31.2 Å². The van der Waals surface area contributed by atoms with Crippen LogP contribution >= 0.6 is 11.3 Å². The van der Waals surface area contributed by atoms with E-state index in [1.165, 1.54) is 6.07 Å². The van der Waals surface area contributed by atoms with Gasteiger partial charge in [0.15, 0.2) is 5.13 Å². The van der Waals surface area contributed by atoms with Crippen molar-refractivity contribution < 1.29 is 13.9 Å². The number of hydrogen-bond donors (Lipinski definition) is 1. The standard InChI is InChI=1S/C19H24FN3O2S/c20-14-1-2-16-17(12-14)26-19(22-16)23-7-3-13(4-8-23)11-18(24)21-15-5-9-25-10-6-15/h1-2,12-13,15H,3-11H2,(H,21,24). The van der Waals surface area contributed by atoms with E-state index in [0.717, 1.165) is 67.3 Å². The van der Waals surface area contributed by atoms with Crippen LogP contribution in [0.3, 0.4) is 0 Å². The van der Waals surface area contributed by atoms with Crippen molar-refractivity contribution in [3.8, 4) is 0 Å². The number of piperidine rings is 1. The highest BCUT2D eigenvalue weighted by Gasteiger charge is 2.24. The van der Waals surface area contributed by atoms with Crippen molar-refractivity contribution in [2.45, 2.75) is 38.1 Å². The molecule has 2 saturated heterocycles. The van der Waals surface area contributed by atoms with E-state index in [1.807, 2.05) is 0 Å². The monoisotopic (exact) mass is 377 g/mol. The number of anilines is 1. The van der Waals surface area contributed by atoms with Gasteiger partial charge in [-0.1, -0.05) is 11.3 Å². The van der Waals surface area contributed by atoms with E-state index >= 15 is 0 Å². The average molecular weight is 377 g/mol. The second-order valence-corrected chi connectivity index (χ2v) is 8.21. The van der Waals surface area contributed by atoms with Gasteiger partial charge in [-0.3, -0.25) is 4.79 Å². The zero-order valence-corrected chi connectivity index (χ0v) is 15.6. The van der Waals surface area contributed by atoms with Crippen LogP contribution in [-0.2, 0) is 9.53 Å². The molecular weight excluding hydrogens is 353 g/mol. The fourth-order valence-electron chi connectivity index (χ4n) is 3.74. The Bertz CT molecular complexity index is 767. The zero-order valence-electron chi connectivity index (χ0n) is 14.7. The Kier molecular flexibility index (Phi) is 5.36. The van der Waals surface area contributed by atoms with Crippen LogP contribution in [0.5, 0.6) is 0 Å². The van der Waals surface area contributed by atoms with E-state index in [4.69, 9.17) is 4.74 Å². The molecule has 0 unspecified atom stereocenters. The van der Waals surface area contributed by atoms with Gasteiger partial charge in [0, 0.05) is 38.8 Å². The van der Waals surface area contributed by atoms with Crippen molar-refractivity contribution in [1.82, 2.24) is 10.3 Å². The molecule has 0 spiro atoms. The van der Waals surface area contributed by atoms with Crippen molar-refractivity contribution in [1.29, 1.82) is 0 Å². The number of hydrogen-bond acceptors (Lipinski definition) is 5. The first-order chi connectivity index (χ1) is 12.7.